The third-order valence-corrected chi connectivity index (χ3v) is 4.13. The molecule has 3 heteroatoms. The molecule has 2 N–H and O–H groups in total. The van der Waals surface area contributed by atoms with Crippen molar-refractivity contribution in [3.63, 3.8) is 0 Å². The van der Waals surface area contributed by atoms with Gasteiger partial charge in [0.25, 0.3) is 0 Å². The highest BCUT2D eigenvalue weighted by Crippen LogP contribution is 2.14. The van der Waals surface area contributed by atoms with Gasteiger partial charge in [0.2, 0.25) is 0 Å². The summed E-state index contributed by atoms with van der Waals surface area (Å²) in [6, 6.07) is 0. The summed E-state index contributed by atoms with van der Waals surface area (Å²) in [7, 11) is 0. The van der Waals surface area contributed by atoms with Crippen LogP contribution < -0.4 is 0 Å². The van der Waals surface area contributed by atoms with Crippen molar-refractivity contribution in [1.82, 2.24) is 4.90 Å². The van der Waals surface area contributed by atoms with Gasteiger partial charge < -0.3 is 10.2 Å². The lowest BCUT2D eigenvalue weighted by molar-refractivity contribution is -0.108. The van der Waals surface area contributed by atoms with E-state index in [0.717, 1.165) is 38.6 Å². The fourth-order valence-electron chi connectivity index (χ4n) is 2.77. The Morgan fingerprint density at radius 2 is 1.05 bits per heavy atom. The van der Waals surface area contributed by atoms with Gasteiger partial charge in [-0.25, -0.2) is 0 Å². The Bertz CT molecular complexity index is 199. The molecular formula is C18H39NO2. The minimum absolute atomic E-state index is 0.485. The molecule has 2 unspecified atom stereocenters. The molecule has 0 rings (SSSR count). The van der Waals surface area contributed by atoms with Crippen molar-refractivity contribution in [2.75, 3.05) is 6.54 Å². The predicted molar refractivity (Wildman–Crippen MR) is 91.1 cm³/mol. The first kappa shape index (κ1) is 20.9. The molecule has 0 aliphatic heterocycles. The van der Waals surface area contributed by atoms with Crippen LogP contribution in [-0.2, 0) is 0 Å². The third-order valence-electron chi connectivity index (χ3n) is 4.13. The fourth-order valence-corrected chi connectivity index (χ4v) is 2.77. The van der Waals surface area contributed by atoms with E-state index in [9.17, 15) is 10.2 Å². The predicted octanol–water partition coefficient (Wildman–Crippen LogP) is 4.67. The lowest BCUT2D eigenvalue weighted by Gasteiger charge is -2.32. The molecule has 0 amide bonds. The summed E-state index contributed by atoms with van der Waals surface area (Å²) in [6.45, 7) is 7.21. The van der Waals surface area contributed by atoms with Gasteiger partial charge in [0.15, 0.2) is 0 Å². The largest absolute Gasteiger partial charge is 0.378 e. The Morgan fingerprint density at radius 1 is 0.619 bits per heavy atom. The SMILES string of the molecule is CCCCCCCCCCN(C(O)CCC)C(O)CCC. The molecule has 128 valence electrons. The monoisotopic (exact) mass is 301 g/mol. The average Bonchev–Trinajstić information content (AvgIpc) is 2.46. The summed E-state index contributed by atoms with van der Waals surface area (Å²) < 4.78 is 0. The normalized spacial score (nSPS) is 14.6. The lowest BCUT2D eigenvalue weighted by Crippen LogP contribution is -2.43. The second kappa shape index (κ2) is 14.8. The van der Waals surface area contributed by atoms with Crippen LogP contribution in [-0.4, -0.2) is 34.1 Å². The molecule has 0 saturated carbocycles. The topological polar surface area (TPSA) is 43.7 Å². The van der Waals surface area contributed by atoms with Crippen molar-refractivity contribution in [2.45, 2.75) is 110 Å². The van der Waals surface area contributed by atoms with E-state index >= 15 is 0 Å². The number of unbranched alkanes of at least 4 members (excludes halogenated alkanes) is 7. The molecule has 0 fully saturated rings. The number of aliphatic hydroxyl groups excluding tert-OH is 2. The van der Waals surface area contributed by atoms with E-state index in [1.54, 1.807) is 0 Å². The van der Waals surface area contributed by atoms with Gasteiger partial charge in [-0.2, -0.15) is 0 Å². The van der Waals surface area contributed by atoms with E-state index in [1.807, 2.05) is 4.90 Å². The quantitative estimate of drug-likeness (QED) is 0.341. The van der Waals surface area contributed by atoms with Gasteiger partial charge in [-0.05, 0) is 19.3 Å². The van der Waals surface area contributed by atoms with E-state index in [4.69, 9.17) is 0 Å². The minimum Gasteiger partial charge on any atom is -0.378 e. The zero-order chi connectivity index (χ0) is 15.9. The highest BCUT2D eigenvalue weighted by Gasteiger charge is 2.21. The summed E-state index contributed by atoms with van der Waals surface area (Å²) in [6.07, 6.45) is 12.7. The number of hydrogen-bond acceptors (Lipinski definition) is 3. The van der Waals surface area contributed by atoms with Gasteiger partial charge in [0.05, 0.1) is 0 Å². The van der Waals surface area contributed by atoms with Crippen LogP contribution in [0.5, 0.6) is 0 Å². The molecule has 0 aliphatic carbocycles. The van der Waals surface area contributed by atoms with Gasteiger partial charge >= 0.3 is 0 Å². The molecule has 0 aromatic heterocycles. The molecule has 0 radical (unpaired) electrons. The third kappa shape index (κ3) is 11.1. The molecule has 21 heavy (non-hydrogen) atoms. The zero-order valence-corrected chi connectivity index (χ0v) is 14.7. The highest BCUT2D eigenvalue weighted by molar-refractivity contribution is 4.66. The van der Waals surface area contributed by atoms with Gasteiger partial charge in [-0.1, -0.05) is 78.6 Å². The van der Waals surface area contributed by atoms with Crippen molar-refractivity contribution in [1.29, 1.82) is 0 Å². The molecule has 0 aliphatic rings. The number of nitrogens with zero attached hydrogens (tertiary/aromatic N) is 1. The maximum atomic E-state index is 10.2. The van der Waals surface area contributed by atoms with E-state index in [1.165, 1.54) is 44.9 Å². The van der Waals surface area contributed by atoms with Crippen molar-refractivity contribution < 1.29 is 10.2 Å². The summed E-state index contributed by atoms with van der Waals surface area (Å²) in [5, 5.41) is 20.3. The van der Waals surface area contributed by atoms with Crippen molar-refractivity contribution >= 4 is 0 Å². The van der Waals surface area contributed by atoms with E-state index in [2.05, 4.69) is 20.8 Å². The van der Waals surface area contributed by atoms with E-state index in [0.29, 0.717) is 0 Å². The Kier molecular flexibility index (Phi) is 14.7. The lowest BCUT2D eigenvalue weighted by atomic mass is 10.1. The second-order valence-electron chi connectivity index (χ2n) is 6.25. The van der Waals surface area contributed by atoms with Crippen molar-refractivity contribution in [3.05, 3.63) is 0 Å². The van der Waals surface area contributed by atoms with Crippen LogP contribution in [0.4, 0.5) is 0 Å². The van der Waals surface area contributed by atoms with E-state index in [-0.39, 0.29) is 0 Å². The molecule has 0 aromatic rings. The van der Waals surface area contributed by atoms with Crippen LogP contribution in [0.3, 0.4) is 0 Å². The summed E-state index contributed by atoms with van der Waals surface area (Å²) >= 11 is 0. The molecule has 3 nitrogen and oxygen atoms in total. The fraction of sp³-hybridized carbons (Fsp3) is 1.00. The Hall–Kier alpha value is -0.120. The Morgan fingerprint density at radius 3 is 1.48 bits per heavy atom. The molecule has 0 bridgehead atoms. The minimum atomic E-state index is -0.485. The summed E-state index contributed by atoms with van der Waals surface area (Å²) in [4.78, 5) is 1.89. The van der Waals surface area contributed by atoms with Crippen LogP contribution >= 0.6 is 0 Å². The number of rotatable bonds is 15. The van der Waals surface area contributed by atoms with Gasteiger partial charge in [0, 0.05) is 6.54 Å². The number of aliphatic hydroxyl groups is 2. The molecule has 2 atom stereocenters. The average molecular weight is 302 g/mol. The number of hydrogen-bond donors (Lipinski definition) is 2. The Balaban J connectivity index is 3.85. The van der Waals surface area contributed by atoms with Crippen LogP contribution in [0.2, 0.25) is 0 Å². The first-order chi connectivity index (χ1) is 10.2. The van der Waals surface area contributed by atoms with Gasteiger partial charge in [0.1, 0.15) is 12.5 Å². The van der Waals surface area contributed by atoms with Crippen LogP contribution in [0.25, 0.3) is 0 Å². The maximum absolute atomic E-state index is 10.2. The molecular weight excluding hydrogens is 262 g/mol. The Labute approximate surface area is 132 Å². The van der Waals surface area contributed by atoms with Crippen LogP contribution in [0.15, 0.2) is 0 Å². The molecule has 0 heterocycles. The second-order valence-corrected chi connectivity index (χ2v) is 6.25. The highest BCUT2D eigenvalue weighted by atomic mass is 16.3. The summed E-state index contributed by atoms with van der Waals surface area (Å²) in [5.41, 5.74) is 0. The van der Waals surface area contributed by atoms with Crippen molar-refractivity contribution in [2.24, 2.45) is 0 Å². The van der Waals surface area contributed by atoms with Crippen LogP contribution in [0.1, 0.15) is 97.8 Å². The summed E-state index contributed by atoms with van der Waals surface area (Å²) in [5.74, 6) is 0. The maximum Gasteiger partial charge on any atom is 0.109 e. The first-order valence-electron chi connectivity index (χ1n) is 9.29. The van der Waals surface area contributed by atoms with Crippen molar-refractivity contribution in [3.8, 4) is 0 Å². The standard InChI is InChI=1S/C18H39NO2/c1-4-7-8-9-10-11-12-13-16-19(17(20)14-5-2)18(21)15-6-3/h17-18,20-21H,4-16H2,1-3H3. The first-order valence-corrected chi connectivity index (χ1v) is 9.29. The van der Waals surface area contributed by atoms with Gasteiger partial charge in [-0.15, -0.1) is 0 Å². The molecule has 0 spiro atoms. The smallest absolute Gasteiger partial charge is 0.109 e. The molecule has 0 aromatic carbocycles. The van der Waals surface area contributed by atoms with E-state index < -0.39 is 12.5 Å². The van der Waals surface area contributed by atoms with Gasteiger partial charge in [-0.3, -0.25) is 4.90 Å². The zero-order valence-electron chi connectivity index (χ0n) is 14.7. The molecule has 0 saturated heterocycles. The van der Waals surface area contributed by atoms with Crippen LogP contribution in [0, 0.1) is 0 Å².